The van der Waals surface area contributed by atoms with Gasteiger partial charge >= 0.3 is 0 Å². The van der Waals surface area contributed by atoms with E-state index in [1.54, 1.807) is 4.90 Å². The zero-order valence-corrected chi connectivity index (χ0v) is 14.3. The molecule has 0 heterocycles. The van der Waals surface area contributed by atoms with E-state index < -0.39 is 0 Å². The van der Waals surface area contributed by atoms with Crippen molar-refractivity contribution in [1.29, 1.82) is 0 Å². The minimum Gasteiger partial charge on any atom is -0.355 e. The van der Waals surface area contributed by atoms with E-state index in [4.69, 9.17) is 0 Å². The molecule has 122 valence electrons. The summed E-state index contributed by atoms with van der Waals surface area (Å²) in [6.07, 6.45) is 0.306. The van der Waals surface area contributed by atoms with Crippen molar-refractivity contribution in [2.75, 3.05) is 38.6 Å². The van der Waals surface area contributed by atoms with E-state index in [0.717, 1.165) is 23.4 Å². The minimum atomic E-state index is -0.0465. The van der Waals surface area contributed by atoms with Crippen LogP contribution in [0.25, 0.3) is 0 Å². The lowest BCUT2D eigenvalue weighted by molar-refractivity contribution is -0.121. The number of likely N-dealkylation sites (N-methyl/N-ethyl adjacent to an activating group) is 1. The number of anilines is 1. The fourth-order valence-corrected chi connectivity index (χ4v) is 2.20. The Kier molecular flexibility index (Phi) is 7.05. The topological polar surface area (TPSA) is 52.7 Å². The van der Waals surface area contributed by atoms with Crippen molar-refractivity contribution in [3.8, 4) is 0 Å². The molecule has 2 amide bonds. The number of nitrogens with zero attached hydrogens (tertiary/aromatic N) is 2. The Morgan fingerprint density at radius 3 is 2.41 bits per heavy atom. The van der Waals surface area contributed by atoms with Crippen LogP contribution >= 0.6 is 0 Å². The molecule has 0 saturated carbocycles. The van der Waals surface area contributed by atoms with Crippen molar-refractivity contribution >= 4 is 17.5 Å². The van der Waals surface area contributed by atoms with E-state index in [1.165, 1.54) is 6.92 Å². The molecule has 1 aromatic carbocycles. The molecule has 0 aliphatic carbocycles. The van der Waals surface area contributed by atoms with Gasteiger partial charge in [-0.1, -0.05) is 12.1 Å². The summed E-state index contributed by atoms with van der Waals surface area (Å²) < 4.78 is 0. The summed E-state index contributed by atoms with van der Waals surface area (Å²) in [5.41, 5.74) is 3.10. The third kappa shape index (κ3) is 5.48. The molecule has 0 radical (unpaired) electrons. The maximum absolute atomic E-state index is 11.9. The number of benzene rings is 1. The molecule has 0 aliphatic rings. The minimum absolute atomic E-state index is 0.0293. The van der Waals surface area contributed by atoms with Gasteiger partial charge in [0.25, 0.3) is 0 Å². The van der Waals surface area contributed by atoms with Gasteiger partial charge in [0, 0.05) is 38.7 Å². The van der Waals surface area contributed by atoms with E-state index in [2.05, 4.69) is 5.32 Å². The summed E-state index contributed by atoms with van der Waals surface area (Å²) >= 11 is 0. The standard InChI is InChI=1S/C17H27N3O2/c1-13-7-6-8-16(14(13)2)20(15(3)21)11-9-17(22)18-10-12-19(4)5/h6-8H,9-12H2,1-5H3,(H,18,22). The summed E-state index contributed by atoms with van der Waals surface area (Å²) in [6.45, 7) is 7.37. The van der Waals surface area contributed by atoms with Crippen LogP contribution in [0.3, 0.4) is 0 Å². The number of hydrogen-bond acceptors (Lipinski definition) is 3. The summed E-state index contributed by atoms with van der Waals surface area (Å²) in [5.74, 6) is -0.0757. The fourth-order valence-electron chi connectivity index (χ4n) is 2.20. The Hall–Kier alpha value is -1.88. The third-order valence-corrected chi connectivity index (χ3v) is 3.69. The third-order valence-electron chi connectivity index (χ3n) is 3.69. The van der Waals surface area contributed by atoms with Crippen LogP contribution < -0.4 is 10.2 Å². The number of carbonyl (C=O) groups is 2. The highest BCUT2D eigenvalue weighted by Gasteiger charge is 2.15. The highest BCUT2D eigenvalue weighted by Crippen LogP contribution is 2.23. The number of rotatable bonds is 7. The Bertz CT molecular complexity index is 527. The highest BCUT2D eigenvalue weighted by molar-refractivity contribution is 5.93. The summed E-state index contributed by atoms with van der Waals surface area (Å²) in [5, 5.41) is 2.87. The van der Waals surface area contributed by atoms with Crippen molar-refractivity contribution in [3.05, 3.63) is 29.3 Å². The largest absolute Gasteiger partial charge is 0.355 e. The molecular formula is C17H27N3O2. The molecule has 1 aromatic rings. The maximum atomic E-state index is 11.9. The van der Waals surface area contributed by atoms with Crippen molar-refractivity contribution in [3.63, 3.8) is 0 Å². The first-order valence-corrected chi connectivity index (χ1v) is 7.58. The van der Waals surface area contributed by atoms with Crippen molar-refractivity contribution in [2.45, 2.75) is 27.2 Å². The van der Waals surface area contributed by atoms with Crippen LogP contribution in [-0.2, 0) is 9.59 Å². The lowest BCUT2D eigenvalue weighted by atomic mass is 10.1. The predicted molar refractivity (Wildman–Crippen MR) is 90.1 cm³/mol. The van der Waals surface area contributed by atoms with Gasteiger partial charge in [-0.2, -0.15) is 0 Å². The molecule has 0 saturated heterocycles. The molecule has 0 spiro atoms. The molecule has 0 aromatic heterocycles. The molecule has 5 heteroatoms. The first-order chi connectivity index (χ1) is 10.3. The van der Waals surface area contributed by atoms with E-state index in [0.29, 0.717) is 19.5 Å². The second-order valence-corrected chi connectivity index (χ2v) is 5.79. The van der Waals surface area contributed by atoms with Crippen LogP contribution in [0.5, 0.6) is 0 Å². The van der Waals surface area contributed by atoms with Crippen LogP contribution in [0.15, 0.2) is 18.2 Å². The van der Waals surface area contributed by atoms with Gasteiger partial charge in [-0.25, -0.2) is 0 Å². The highest BCUT2D eigenvalue weighted by atomic mass is 16.2. The molecule has 1 rings (SSSR count). The van der Waals surface area contributed by atoms with Gasteiger partial charge < -0.3 is 15.1 Å². The van der Waals surface area contributed by atoms with Crippen LogP contribution in [-0.4, -0.2) is 50.4 Å². The first-order valence-electron chi connectivity index (χ1n) is 7.58. The SMILES string of the molecule is CC(=O)N(CCC(=O)NCCN(C)C)c1cccc(C)c1C. The van der Waals surface area contributed by atoms with Gasteiger partial charge in [0.15, 0.2) is 0 Å². The monoisotopic (exact) mass is 305 g/mol. The molecule has 22 heavy (non-hydrogen) atoms. The second kappa shape index (κ2) is 8.54. The average molecular weight is 305 g/mol. The molecule has 5 nitrogen and oxygen atoms in total. The average Bonchev–Trinajstić information content (AvgIpc) is 2.42. The fraction of sp³-hybridized carbons (Fsp3) is 0.529. The van der Waals surface area contributed by atoms with E-state index in [-0.39, 0.29) is 11.8 Å². The van der Waals surface area contributed by atoms with E-state index >= 15 is 0 Å². The quantitative estimate of drug-likeness (QED) is 0.834. The number of aryl methyl sites for hydroxylation is 1. The molecule has 0 bridgehead atoms. The van der Waals surface area contributed by atoms with Gasteiger partial charge in [-0.05, 0) is 45.1 Å². The number of carbonyl (C=O) groups excluding carboxylic acids is 2. The Morgan fingerprint density at radius 2 is 1.82 bits per heavy atom. The molecule has 1 N–H and O–H groups in total. The molecule has 0 aliphatic heterocycles. The second-order valence-electron chi connectivity index (χ2n) is 5.79. The van der Waals surface area contributed by atoms with Gasteiger partial charge in [0.1, 0.15) is 0 Å². The number of nitrogens with one attached hydrogen (secondary N) is 1. The van der Waals surface area contributed by atoms with E-state index in [9.17, 15) is 9.59 Å². The van der Waals surface area contributed by atoms with Crippen LogP contribution in [0.4, 0.5) is 5.69 Å². The van der Waals surface area contributed by atoms with Gasteiger partial charge in [-0.15, -0.1) is 0 Å². The van der Waals surface area contributed by atoms with Crippen molar-refractivity contribution < 1.29 is 9.59 Å². The Morgan fingerprint density at radius 1 is 1.14 bits per heavy atom. The number of amides is 2. The smallest absolute Gasteiger partial charge is 0.223 e. The first kappa shape index (κ1) is 18.2. The predicted octanol–water partition coefficient (Wildman–Crippen LogP) is 1.72. The van der Waals surface area contributed by atoms with Crippen molar-refractivity contribution in [1.82, 2.24) is 10.2 Å². The van der Waals surface area contributed by atoms with Crippen LogP contribution in [0.2, 0.25) is 0 Å². The van der Waals surface area contributed by atoms with Crippen molar-refractivity contribution in [2.24, 2.45) is 0 Å². The maximum Gasteiger partial charge on any atom is 0.223 e. The summed E-state index contributed by atoms with van der Waals surface area (Å²) in [4.78, 5) is 27.5. The zero-order chi connectivity index (χ0) is 16.7. The zero-order valence-electron chi connectivity index (χ0n) is 14.3. The van der Waals surface area contributed by atoms with Crippen LogP contribution in [0, 0.1) is 13.8 Å². The van der Waals surface area contributed by atoms with Crippen LogP contribution in [0.1, 0.15) is 24.5 Å². The normalized spacial score (nSPS) is 10.6. The summed E-state index contributed by atoms with van der Waals surface area (Å²) in [6, 6.07) is 5.88. The summed E-state index contributed by atoms with van der Waals surface area (Å²) in [7, 11) is 3.92. The molecule has 0 fully saturated rings. The van der Waals surface area contributed by atoms with Gasteiger partial charge in [0.2, 0.25) is 11.8 Å². The Balaban J connectivity index is 2.64. The van der Waals surface area contributed by atoms with E-state index in [1.807, 2.05) is 51.0 Å². The lowest BCUT2D eigenvalue weighted by Gasteiger charge is -2.24. The molecule has 0 unspecified atom stereocenters. The van der Waals surface area contributed by atoms with Gasteiger partial charge in [0.05, 0.1) is 0 Å². The lowest BCUT2D eigenvalue weighted by Crippen LogP contribution is -2.36. The molecular weight excluding hydrogens is 278 g/mol. The molecule has 0 atom stereocenters. The number of hydrogen-bond donors (Lipinski definition) is 1. The van der Waals surface area contributed by atoms with Gasteiger partial charge in [-0.3, -0.25) is 9.59 Å². The Labute approximate surface area is 133 Å².